The zero-order valence-electron chi connectivity index (χ0n) is 13.8. The van der Waals surface area contributed by atoms with Gasteiger partial charge in [-0.1, -0.05) is 33.8 Å². The van der Waals surface area contributed by atoms with E-state index in [1.165, 1.54) is 34.4 Å². The molecule has 0 bridgehead atoms. The number of aryl methyl sites for hydroxylation is 1. The Labute approximate surface area is 172 Å². The van der Waals surface area contributed by atoms with Gasteiger partial charge in [0.05, 0.1) is 22.7 Å². The number of nitrogens with one attached hydrogen (secondary N) is 1. The SMILES string of the molecule is Cc1cc(NC(=O)Cc2csc(SCC(=O)c3cccs3)n2)ccc1Br. The topological polar surface area (TPSA) is 59.1 Å². The minimum Gasteiger partial charge on any atom is -0.326 e. The highest BCUT2D eigenvalue weighted by Gasteiger charge is 2.12. The Balaban J connectivity index is 1.52. The molecule has 1 amide bonds. The number of rotatable bonds is 7. The molecule has 0 saturated carbocycles. The molecule has 2 heterocycles. The molecule has 0 unspecified atom stereocenters. The number of halogens is 1. The molecule has 2 aromatic heterocycles. The van der Waals surface area contributed by atoms with Gasteiger partial charge in [-0.25, -0.2) is 4.98 Å². The minimum absolute atomic E-state index is 0.102. The second kappa shape index (κ2) is 8.94. The number of carbonyl (C=O) groups excluding carboxylic acids is 2. The van der Waals surface area contributed by atoms with E-state index in [9.17, 15) is 9.59 Å². The van der Waals surface area contributed by atoms with Crippen LogP contribution in [0.3, 0.4) is 0 Å². The molecule has 0 saturated heterocycles. The molecule has 0 spiro atoms. The summed E-state index contributed by atoms with van der Waals surface area (Å²) in [6, 6.07) is 9.38. The predicted octanol–water partition coefficient (Wildman–Crippen LogP) is 5.43. The van der Waals surface area contributed by atoms with Crippen molar-refractivity contribution in [3.63, 3.8) is 0 Å². The third-order valence-electron chi connectivity index (χ3n) is 3.44. The number of aromatic nitrogens is 1. The number of nitrogens with zero attached hydrogens (tertiary/aromatic N) is 1. The molecule has 3 aromatic rings. The van der Waals surface area contributed by atoms with Gasteiger partial charge < -0.3 is 5.32 Å². The van der Waals surface area contributed by atoms with Gasteiger partial charge in [-0.3, -0.25) is 9.59 Å². The summed E-state index contributed by atoms with van der Waals surface area (Å²) in [4.78, 5) is 29.4. The molecule has 26 heavy (non-hydrogen) atoms. The summed E-state index contributed by atoms with van der Waals surface area (Å²) >= 11 is 7.76. The second-order valence-corrected chi connectivity index (χ2v) is 9.37. The first-order valence-corrected chi connectivity index (χ1v) is 11.2. The Bertz CT molecular complexity index is 922. The number of hydrogen-bond acceptors (Lipinski definition) is 6. The van der Waals surface area contributed by atoms with Crippen molar-refractivity contribution in [3.8, 4) is 0 Å². The molecule has 0 aliphatic heterocycles. The fraction of sp³-hybridized carbons (Fsp3) is 0.167. The molecular weight excluding hydrogens is 452 g/mol. The van der Waals surface area contributed by atoms with Crippen molar-refractivity contribution in [3.05, 3.63) is 61.7 Å². The van der Waals surface area contributed by atoms with Gasteiger partial charge in [0, 0.05) is 15.5 Å². The normalized spacial score (nSPS) is 10.7. The van der Waals surface area contributed by atoms with Crippen molar-refractivity contribution in [2.24, 2.45) is 0 Å². The van der Waals surface area contributed by atoms with E-state index in [0.717, 1.165) is 24.9 Å². The first-order chi connectivity index (χ1) is 12.5. The van der Waals surface area contributed by atoms with Crippen molar-refractivity contribution in [1.29, 1.82) is 0 Å². The highest BCUT2D eigenvalue weighted by atomic mass is 79.9. The van der Waals surface area contributed by atoms with Crippen LogP contribution >= 0.6 is 50.4 Å². The van der Waals surface area contributed by atoms with Crippen LogP contribution in [0.15, 0.2) is 49.9 Å². The lowest BCUT2D eigenvalue weighted by molar-refractivity contribution is -0.115. The van der Waals surface area contributed by atoms with Gasteiger partial charge >= 0.3 is 0 Å². The fourth-order valence-electron chi connectivity index (χ4n) is 2.16. The Hall–Kier alpha value is -1.48. The first kappa shape index (κ1) is 19.3. The van der Waals surface area contributed by atoms with Crippen molar-refractivity contribution in [1.82, 2.24) is 4.98 Å². The lowest BCUT2D eigenvalue weighted by Crippen LogP contribution is -2.14. The monoisotopic (exact) mass is 466 g/mol. The summed E-state index contributed by atoms with van der Waals surface area (Å²) in [5, 5.41) is 6.64. The summed E-state index contributed by atoms with van der Waals surface area (Å²) in [5.41, 5.74) is 2.54. The number of carbonyl (C=O) groups is 2. The second-order valence-electron chi connectivity index (χ2n) is 5.48. The van der Waals surface area contributed by atoms with Crippen LogP contribution in [-0.2, 0) is 11.2 Å². The molecule has 0 atom stereocenters. The smallest absolute Gasteiger partial charge is 0.230 e. The van der Waals surface area contributed by atoms with Crippen LogP contribution in [0.25, 0.3) is 0 Å². The minimum atomic E-state index is -0.108. The number of amides is 1. The van der Waals surface area contributed by atoms with Crippen LogP contribution in [0.1, 0.15) is 20.9 Å². The molecule has 0 aliphatic rings. The average Bonchev–Trinajstić information content (AvgIpc) is 3.28. The molecule has 0 radical (unpaired) electrons. The quantitative estimate of drug-likeness (QED) is 0.372. The zero-order valence-corrected chi connectivity index (χ0v) is 17.9. The van der Waals surface area contributed by atoms with E-state index >= 15 is 0 Å². The Morgan fingerprint density at radius 2 is 2.12 bits per heavy atom. The van der Waals surface area contributed by atoms with E-state index in [-0.39, 0.29) is 18.1 Å². The molecule has 8 heteroatoms. The number of hydrogen-bond donors (Lipinski definition) is 1. The average molecular weight is 467 g/mol. The molecular formula is C18H15BrN2O2S3. The van der Waals surface area contributed by atoms with E-state index < -0.39 is 0 Å². The fourth-order valence-corrected chi connectivity index (χ4v) is 4.89. The Morgan fingerprint density at radius 3 is 2.85 bits per heavy atom. The lowest BCUT2D eigenvalue weighted by Gasteiger charge is -2.06. The van der Waals surface area contributed by atoms with E-state index in [1.807, 2.05) is 48.0 Å². The van der Waals surface area contributed by atoms with Gasteiger partial charge in [0.2, 0.25) is 5.91 Å². The van der Waals surface area contributed by atoms with Crippen LogP contribution < -0.4 is 5.32 Å². The van der Waals surface area contributed by atoms with Crippen molar-refractivity contribution < 1.29 is 9.59 Å². The molecule has 0 fully saturated rings. The van der Waals surface area contributed by atoms with E-state index in [2.05, 4.69) is 26.2 Å². The number of Topliss-reactive ketones (excluding diaryl/α,β-unsaturated/α-hetero) is 1. The third kappa shape index (κ3) is 5.26. The maximum atomic E-state index is 12.2. The molecule has 1 aromatic carbocycles. The summed E-state index contributed by atoms with van der Waals surface area (Å²) in [5.74, 6) is 0.353. The van der Waals surface area contributed by atoms with Crippen LogP contribution in [0.4, 0.5) is 5.69 Å². The maximum absolute atomic E-state index is 12.2. The van der Waals surface area contributed by atoms with Crippen molar-refractivity contribution in [2.75, 3.05) is 11.1 Å². The Kier molecular flexibility index (Phi) is 6.63. The molecule has 4 nitrogen and oxygen atoms in total. The van der Waals surface area contributed by atoms with E-state index in [4.69, 9.17) is 0 Å². The van der Waals surface area contributed by atoms with Gasteiger partial charge in [-0.2, -0.15) is 0 Å². The van der Waals surface area contributed by atoms with E-state index in [0.29, 0.717) is 11.4 Å². The molecule has 0 aliphatic carbocycles. The summed E-state index contributed by atoms with van der Waals surface area (Å²) in [6.45, 7) is 1.97. The Morgan fingerprint density at radius 1 is 1.27 bits per heavy atom. The third-order valence-corrected chi connectivity index (χ3v) is 7.31. The van der Waals surface area contributed by atoms with Crippen LogP contribution in [0.2, 0.25) is 0 Å². The van der Waals surface area contributed by atoms with Gasteiger partial charge in [0.15, 0.2) is 10.1 Å². The molecule has 1 N–H and O–H groups in total. The van der Waals surface area contributed by atoms with Gasteiger partial charge in [0.1, 0.15) is 0 Å². The van der Waals surface area contributed by atoms with E-state index in [1.54, 1.807) is 0 Å². The van der Waals surface area contributed by atoms with Crippen LogP contribution in [-0.4, -0.2) is 22.4 Å². The number of thiazole rings is 1. The van der Waals surface area contributed by atoms with Crippen molar-refractivity contribution in [2.45, 2.75) is 17.7 Å². The summed E-state index contributed by atoms with van der Waals surface area (Å²) < 4.78 is 1.81. The number of thiophene rings is 1. The summed E-state index contributed by atoms with van der Waals surface area (Å²) in [6.07, 6.45) is 0.213. The standard InChI is InChI=1S/C18H15BrN2O2S3/c1-11-7-12(4-5-14(11)19)20-17(23)8-13-9-25-18(21-13)26-10-15(22)16-3-2-6-24-16/h2-7,9H,8,10H2,1H3,(H,20,23). The largest absolute Gasteiger partial charge is 0.326 e. The zero-order chi connectivity index (χ0) is 18.5. The van der Waals surface area contributed by atoms with Gasteiger partial charge in [0.25, 0.3) is 0 Å². The maximum Gasteiger partial charge on any atom is 0.230 e. The van der Waals surface area contributed by atoms with Gasteiger partial charge in [-0.15, -0.1) is 22.7 Å². The number of benzene rings is 1. The first-order valence-electron chi connectivity index (χ1n) is 7.71. The number of anilines is 1. The van der Waals surface area contributed by atoms with Crippen LogP contribution in [0.5, 0.6) is 0 Å². The highest BCUT2D eigenvalue weighted by Crippen LogP contribution is 2.25. The lowest BCUT2D eigenvalue weighted by atomic mass is 10.2. The number of thioether (sulfide) groups is 1. The van der Waals surface area contributed by atoms with Gasteiger partial charge in [-0.05, 0) is 42.1 Å². The predicted molar refractivity (Wildman–Crippen MR) is 113 cm³/mol. The highest BCUT2D eigenvalue weighted by molar-refractivity contribution is 9.10. The van der Waals surface area contributed by atoms with Crippen molar-refractivity contribution >= 4 is 67.7 Å². The molecule has 134 valence electrons. The number of ketones is 1. The summed E-state index contributed by atoms with van der Waals surface area (Å²) in [7, 11) is 0. The molecule has 3 rings (SSSR count). The van der Waals surface area contributed by atoms with Crippen LogP contribution in [0, 0.1) is 6.92 Å².